The lowest BCUT2D eigenvalue weighted by Crippen LogP contribution is -2.13. The second-order valence-corrected chi connectivity index (χ2v) is 5.93. The Kier molecular flexibility index (Phi) is 4.13. The highest BCUT2D eigenvalue weighted by Crippen LogP contribution is 2.18. The van der Waals surface area contributed by atoms with Crippen LogP contribution in [0.3, 0.4) is 0 Å². The van der Waals surface area contributed by atoms with Crippen molar-refractivity contribution < 1.29 is 17.9 Å². The second-order valence-electron chi connectivity index (χ2n) is 4.25. The van der Waals surface area contributed by atoms with E-state index in [4.69, 9.17) is 5.73 Å². The van der Waals surface area contributed by atoms with E-state index in [0.29, 0.717) is 11.4 Å². The molecule has 3 N–H and O–H groups in total. The number of sulfonamides is 1. The number of carbonyl (C=O) groups is 1. The van der Waals surface area contributed by atoms with Gasteiger partial charge in [0.1, 0.15) is 0 Å². The predicted octanol–water partition coefficient (Wildman–Crippen LogP) is 1.86. The Balaban J connectivity index is 2.25. The van der Waals surface area contributed by atoms with Gasteiger partial charge < -0.3 is 10.5 Å². The Morgan fingerprint density at radius 2 is 1.81 bits per heavy atom. The van der Waals surface area contributed by atoms with Crippen molar-refractivity contribution in [1.82, 2.24) is 0 Å². The van der Waals surface area contributed by atoms with Crippen LogP contribution in [0.4, 0.5) is 11.4 Å². The predicted molar refractivity (Wildman–Crippen MR) is 79.4 cm³/mol. The minimum atomic E-state index is -3.74. The van der Waals surface area contributed by atoms with Crippen LogP contribution < -0.4 is 10.5 Å². The first-order valence-electron chi connectivity index (χ1n) is 5.99. The molecule has 0 aliphatic carbocycles. The molecular formula is C14H14N2O4S. The summed E-state index contributed by atoms with van der Waals surface area (Å²) in [5.41, 5.74) is 6.70. The summed E-state index contributed by atoms with van der Waals surface area (Å²) < 4.78 is 31.4. The molecule has 2 rings (SSSR count). The third-order valence-electron chi connectivity index (χ3n) is 2.72. The fourth-order valence-corrected chi connectivity index (χ4v) is 2.75. The Bertz CT molecular complexity index is 755. The van der Waals surface area contributed by atoms with Crippen molar-refractivity contribution in [2.45, 2.75) is 4.90 Å². The molecule has 0 aliphatic rings. The number of carbonyl (C=O) groups excluding carboxylic acids is 1. The first-order valence-corrected chi connectivity index (χ1v) is 7.47. The maximum absolute atomic E-state index is 12.2. The number of ether oxygens (including phenoxy) is 1. The topological polar surface area (TPSA) is 98.5 Å². The molecule has 0 saturated carbocycles. The fraction of sp³-hybridized carbons (Fsp3) is 0.0714. The maximum Gasteiger partial charge on any atom is 0.337 e. The van der Waals surface area contributed by atoms with Crippen molar-refractivity contribution in [2.24, 2.45) is 0 Å². The lowest BCUT2D eigenvalue weighted by Gasteiger charge is -2.09. The van der Waals surface area contributed by atoms with Gasteiger partial charge in [-0.2, -0.15) is 0 Å². The summed E-state index contributed by atoms with van der Waals surface area (Å²) in [4.78, 5) is 11.3. The van der Waals surface area contributed by atoms with Gasteiger partial charge >= 0.3 is 5.97 Å². The molecule has 0 bridgehead atoms. The van der Waals surface area contributed by atoms with Gasteiger partial charge in [0.2, 0.25) is 0 Å². The molecule has 0 saturated heterocycles. The summed E-state index contributed by atoms with van der Waals surface area (Å²) >= 11 is 0. The van der Waals surface area contributed by atoms with Gasteiger partial charge in [-0.05, 0) is 42.5 Å². The molecule has 0 heterocycles. The Morgan fingerprint density at radius 3 is 2.38 bits per heavy atom. The van der Waals surface area contributed by atoms with E-state index in [2.05, 4.69) is 9.46 Å². The van der Waals surface area contributed by atoms with Gasteiger partial charge in [0.15, 0.2) is 0 Å². The van der Waals surface area contributed by atoms with E-state index in [9.17, 15) is 13.2 Å². The monoisotopic (exact) mass is 306 g/mol. The van der Waals surface area contributed by atoms with E-state index in [-0.39, 0.29) is 10.5 Å². The Hall–Kier alpha value is -2.54. The standard InChI is InChI=1S/C14H14N2O4S/c1-20-14(17)10-5-7-13(8-6-10)21(18,19)16-12-4-2-3-11(15)9-12/h2-9,16H,15H2,1H3. The maximum atomic E-state index is 12.2. The van der Waals surface area contributed by atoms with Crippen molar-refractivity contribution in [3.63, 3.8) is 0 Å². The molecule has 0 unspecified atom stereocenters. The van der Waals surface area contributed by atoms with Gasteiger partial charge in [0.05, 0.1) is 23.3 Å². The number of esters is 1. The zero-order valence-corrected chi connectivity index (χ0v) is 12.1. The lowest BCUT2D eigenvalue weighted by molar-refractivity contribution is 0.0600. The summed E-state index contributed by atoms with van der Waals surface area (Å²) in [6.07, 6.45) is 0. The van der Waals surface area contributed by atoms with Crippen LogP contribution in [0.5, 0.6) is 0 Å². The summed E-state index contributed by atoms with van der Waals surface area (Å²) in [5, 5.41) is 0. The molecule has 7 heteroatoms. The second kappa shape index (κ2) is 5.84. The Morgan fingerprint density at radius 1 is 1.14 bits per heavy atom. The van der Waals surface area contributed by atoms with Crippen LogP contribution in [0, 0.1) is 0 Å². The number of hydrogen-bond acceptors (Lipinski definition) is 5. The zero-order chi connectivity index (χ0) is 15.5. The van der Waals surface area contributed by atoms with Crippen molar-refractivity contribution in [3.05, 3.63) is 54.1 Å². The molecule has 21 heavy (non-hydrogen) atoms. The van der Waals surface area contributed by atoms with E-state index in [1.165, 1.54) is 37.4 Å². The van der Waals surface area contributed by atoms with Crippen LogP contribution in [0.1, 0.15) is 10.4 Å². The normalized spacial score (nSPS) is 10.9. The highest BCUT2D eigenvalue weighted by atomic mass is 32.2. The molecule has 0 amide bonds. The van der Waals surface area contributed by atoms with Crippen LogP contribution in [0.2, 0.25) is 0 Å². The van der Waals surface area contributed by atoms with Crippen molar-refractivity contribution in [3.8, 4) is 0 Å². The third kappa shape index (κ3) is 3.51. The van der Waals surface area contributed by atoms with Crippen LogP contribution in [-0.2, 0) is 14.8 Å². The number of anilines is 2. The molecule has 2 aromatic carbocycles. The van der Waals surface area contributed by atoms with Gasteiger partial charge in [0.25, 0.3) is 10.0 Å². The van der Waals surface area contributed by atoms with Gasteiger partial charge in [0, 0.05) is 5.69 Å². The quantitative estimate of drug-likeness (QED) is 0.663. The first kappa shape index (κ1) is 14.9. The number of nitrogen functional groups attached to an aromatic ring is 1. The minimum absolute atomic E-state index is 0.0394. The lowest BCUT2D eigenvalue weighted by atomic mass is 10.2. The zero-order valence-electron chi connectivity index (χ0n) is 11.2. The van der Waals surface area contributed by atoms with Crippen molar-refractivity contribution in [2.75, 3.05) is 17.6 Å². The van der Waals surface area contributed by atoms with Crippen LogP contribution in [0.25, 0.3) is 0 Å². The third-order valence-corrected chi connectivity index (χ3v) is 4.12. The molecule has 0 aromatic heterocycles. The van der Waals surface area contributed by atoms with Crippen molar-refractivity contribution in [1.29, 1.82) is 0 Å². The number of nitrogens with two attached hydrogens (primary N) is 1. The van der Waals surface area contributed by atoms with Crippen LogP contribution in [0.15, 0.2) is 53.4 Å². The molecule has 110 valence electrons. The highest BCUT2D eigenvalue weighted by molar-refractivity contribution is 7.92. The molecular weight excluding hydrogens is 292 g/mol. The Labute approximate surface area is 122 Å². The minimum Gasteiger partial charge on any atom is -0.465 e. The van der Waals surface area contributed by atoms with Gasteiger partial charge in [-0.1, -0.05) is 6.07 Å². The van der Waals surface area contributed by atoms with Crippen LogP contribution >= 0.6 is 0 Å². The number of nitrogens with one attached hydrogen (secondary N) is 1. The average molecular weight is 306 g/mol. The van der Waals surface area contributed by atoms with E-state index in [1.807, 2.05) is 0 Å². The van der Waals surface area contributed by atoms with E-state index in [0.717, 1.165) is 0 Å². The van der Waals surface area contributed by atoms with E-state index < -0.39 is 16.0 Å². The highest BCUT2D eigenvalue weighted by Gasteiger charge is 2.15. The molecule has 0 fully saturated rings. The SMILES string of the molecule is COC(=O)c1ccc(S(=O)(=O)Nc2cccc(N)c2)cc1. The molecule has 2 aromatic rings. The average Bonchev–Trinajstić information content (AvgIpc) is 2.46. The van der Waals surface area contributed by atoms with Crippen molar-refractivity contribution >= 4 is 27.4 Å². The smallest absolute Gasteiger partial charge is 0.337 e. The number of rotatable bonds is 4. The summed E-state index contributed by atoms with van der Waals surface area (Å²) in [6.45, 7) is 0. The van der Waals surface area contributed by atoms with Gasteiger partial charge in [-0.3, -0.25) is 4.72 Å². The summed E-state index contributed by atoms with van der Waals surface area (Å²) in [6, 6.07) is 11.9. The number of benzene rings is 2. The number of hydrogen-bond donors (Lipinski definition) is 2. The van der Waals surface area contributed by atoms with E-state index >= 15 is 0 Å². The molecule has 0 atom stereocenters. The first-order chi connectivity index (χ1) is 9.92. The van der Waals surface area contributed by atoms with Gasteiger partial charge in [-0.15, -0.1) is 0 Å². The van der Waals surface area contributed by atoms with Gasteiger partial charge in [-0.25, -0.2) is 13.2 Å². The fourth-order valence-electron chi connectivity index (χ4n) is 1.70. The van der Waals surface area contributed by atoms with Crippen LogP contribution in [-0.4, -0.2) is 21.5 Å². The van der Waals surface area contributed by atoms with E-state index in [1.54, 1.807) is 18.2 Å². The number of methoxy groups -OCH3 is 1. The molecule has 0 spiro atoms. The summed E-state index contributed by atoms with van der Waals surface area (Å²) in [5.74, 6) is -0.525. The molecule has 0 radical (unpaired) electrons. The molecule has 6 nitrogen and oxygen atoms in total. The molecule has 0 aliphatic heterocycles. The summed E-state index contributed by atoms with van der Waals surface area (Å²) in [7, 11) is -2.48. The largest absolute Gasteiger partial charge is 0.465 e.